The molecule has 0 aromatic heterocycles. The smallest absolute Gasteiger partial charge is 0.163 e. The van der Waals surface area contributed by atoms with Gasteiger partial charge < -0.3 is 15.9 Å². The summed E-state index contributed by atoms with van der Waals surface area (Å²) in [5.74, 6) is -1.53. The van der Waals surface area contributed by atoms with Gasteiger partial charge in [-0.1, -0.05) is 0 Å². The number of phenolic OH excluding ortho intramolecular Hbond substituents is 2. The summed E-state index contributed by atoms with van der Waals surface area (Å²) >= 11 is 2.90. The Balaban J connectivity index is 3.42. The van der Waals surface area contributed by atoms with Crippen LogP contribution in [0.3, 0.4) is 0 Å². The minimum atomic E-state index is -0.647. The van der Waals surface area contributed by atoms with Crippen LogP contribution in [-0.4, -0.2) is 10.2 Å². The van der Waals surface area contributed by atoms with Crippen molar-refractivity contribution in [1.29, 1.82) is 0 Å². The summed E-state index contributed by atoms with van der Waals surface area (Å²) in [5, 5.41) is 18.1. The Labute approximate surface area is 76.8 Å². The fourth-order valence-corrected chi connectivity index (χ4v) is 1.30. The van der Waals surface area contributed by atoms with Gasteiger partial charge in [-0.3, -0.25) is 0 Å². The van der Waals surface area contributed by atoms with E-state index < -0.39 is 11.6 Å². The first-order valence-corrected chi connectivity index (χ1v) is 3.96. The van der Waals surface area contributed by atoms with Crippen molar-refractivity contribution >= 4 is 15.9 Å². The van der Waals surface area contributed by atoms with E-state index in [1.807, 2.05) is 0 Å². The van der Waals surface area contributed by atoms with Gasteiger partial charge in [0, 0.05) is 18.2 Å². The predicted molar refractivity (Wildman–Crippen MR) is 45.3 cm³/mol. The van der Waals surface area contributed by atoms with Crippen LogP contribution in [0.15, 0.2) is 10.5 Å². The lowest BCUT2D eigenvalue weighted by Gasteiger charge is -2.06. The molecule has 0 amide bonds. The van der Waals surface area contributed by atoms with E-state index in [4.69, 9.17) is 10.8 Å². The minimum absolute atomic E-state index is 0.0439. The fraction of sp³-hybridized carbons (Fsp3) is 0.143. The van der Waals surface area contributed by atoms with E-state index in [0.717, 1.165) is 6.07 Å². The Kier molecular flexibility index (Phi) is 2.54. The highest BCUT2D eigenvalue weighted by Gasteiger charge is 2.13. The molecule has 0 aliphatic carbocycles. The van der Waals surface area contributed by atoms with Crippen molar-refractivity contribution in [2.24, 2.45) is 5.73 Å². The van der Waals surface area contributed by atoms with Gasteiger partial charge in [0.25, 0.3) is 0 Å². The molecule has 1 rings (SSSR count). The molecule has 0 aliphatic rings. The standard InChI is InChI=1S/C7H7BrFNO2/c8-6-3(2-10)7(12)5(11)1-4(6)9/h1,11-12H,2,10H2. The highest BCUT2D eigenvalue weighted by atomic mass is 79.9. The zero-order chi connectivity index (χ0) is 9.30. The normalized spacial score (nSPS) is 10.2. The monoisotopic (exact) mass is 235 g/mol. The van der Waals surface area contributed by atoms with E-state index in [0.29, 0.717) is 0 Å². The zero-order valence-corrected chi connectivity index (χ0v) is 7.60. The van der Waals surface area contributed by atoms with Crippen LogP contribution < -0.4 is 5.73 Å². The van der Waals surface area contributed by atoms with Gasteiger partial charge in [-0.2, -0.15) is 0 Å². The van der Waals surface area contributed by atoms with Gasteiger partial charge in [0.2, 0.25) is 0 Å². The van der Waals surface area contributed by atoms with Crippen LogP contribution in [0.1, 0.15) is 5.56 Å². The second kappa shape index (κ2) is 3.28. The van der Waals surface area contributed by atoms with Gasteiger partial charge in [-0.15, -0.1) is 0 Å². The maximum Gasteiger partial charge on any atom is 0.163 e. The summed E-state index contributed by atoms with van der Waals surface area (Å²) in [7, 11) is 0. The topological polar surface area (TPSA) is 66.5 Å². The Morgan fingerprint density at radius 2 is 2.08 bits per heavy atom. The van der Waals surface area contributed by atoms with Crippen molar-refractivity contribution in [3.8, 4) is 11.5 Å². The molecule has 12 heavy (non-hydrogen) atoms. The second-order valence-electron chi connectivity index (χ2n) is 2.22. The molecule has 4 N–H and O–H groups in total. The van der Waals surface area contributed by atoms with E-state index >= 15 is 0 Å². The molecular formula is C7H7BrFNO2. The Hall–Kier alpha value is -0.810. The highest BCUT2D eigenvalue weighted by Crippen LogP contribution is 2.35. The molecule has 0 saturated carbocycles. The molecule has 0 atom stereocenters. The van der Waals surface area contributed by atoms with Crippen molar-refractivity contribution in [2.45, 2.75) is 6.54 Å². The van der Waals surface area contributed by atoms with Gasteiger partial charge in [-0.05, 0) is 15.9 Å². The van der Waals surface area contributed by atoms with Gasteiger partial charge in [0.15, 0.2) is 11.5 Å². The first kappa shape index (κ1) is 9.28. The van der Waals surface area contributed by atoms with E-state index in [1.54, 1.807) is 0 Å². The predicted octanol–water partition coefficient (Wildman–Crippen LogP) is 1.46. The molecule has 1 aromatic carbocycles. The molecule has 0 spiro atoms. The van der Waals surface area contributed by atoms with Crippen molar-refractivity contribution < 1.29 is 14.6 Å². The lowest BCUT2D eigenvalue weighted by Crippen LogP contribution is -1.99. The first-order valence-electron chi connectivity index (χ1n) is 3.16. The van der Waals surface area contributed by atoms with Crippen LogP contribution in [0, 0.1) is 5.82 Å². The average Bonchev–Trinajstić information content (AvgIpc) is 2.02. The number of phenols is 2. The molecule has 5 heteroatoms. The van der Waals surface area contributed by atoms with Crippen LogP contribution >= 0.6 is 15.9 Å². The minimum Gasteiger partial charge on any atom is -0.504 e. The Bertz CT molecular complexity index is 291. The van der Waals surface area contributed by atoms with Crippen LogP contribution in [-0.2, 0) is 6.54 Å². The van der Waals surface area contributed by atoms with Crippen LogP contribution in [0.5, 0.6) is 11.5 Å². The molecule has 0 radical (unpaired) electrons. The molecular weight excluding hydrogens is 229 g/mol. The SMILES string of the molecule is NCc1c(O)c(O)cc(F)c1Br. The van der Waals surface area contributed by atoms with Crippen LogP contribution in [0.2, 0.25) is 0 Å². The summed E-state index contributed by atoms with van der Waals surface area (Å²) in [6.45, 7) is -0.0439. The second-order valence-corrected chi connectivity index (χ2v) is 3.02. The number of rotatable bonds is 1. The molecule has 0 heterocycles. The number of hydrogen-bond acceptors (Lipinski definition) is 3. The molecule has 3 nitrogen and oxygen atoms in total. The number of aromatic hydroxyl groups is 2. The highest BCUT2D eigenvalue weighted by molar-refractivity contribution is 9.10. The fourth-order valence-electron chi connectivity index (χ4n) is 0.841. The summed E-state index contributed by atoms with van der Waals surface area (Å²) in [4.78, 5) is 0. The summed E-state index contributed by atoms with van der Waals surface area (Å²) in [6.07, 6.45) is 0. The number of halogens is 2. The summed E-state index contributed by atoms with van der Waals surface area (Å²) in [5.41, 5.74) is 5.38. The molecule has 0 fully saturated rings. The quantitative estimate of drug-likeness (QED) is 0.646. The lowest BCUT2D eigenvalue weighted by molar-refractivity contribution is 0.394. The molecule has 66 valence electrons. The number of hydrogen-bond donors (Lipinski definition) is 3. The Morgan fingerprint density at radius 1 is 1.50 bits per heavy atom. The van der Waals surface area contributed by atoms with Crippen LogP contribution in [0.4, 0.5) is 4.39 Å². The number of nitrogens with two attached hydrogens (primary N) is 1. The third-order valence-electron chi connectivity index (χ3n) is 1.47. The summed E-state index contributed by atoms with van der Waals surface area (Å²) < 4.78 is 12.9. The lowest BCUT2D eigenvalue weighted by atomic mass is 10.2. The molecule has 1 aromatic rings. The van der Waals surface area contributed by atoms with Crippen molar-refractivity contribution in [3.05, 3.63) is 21.9 Å². The molecule has 0 aliphatic heterocycles. The third-order valence-corrected chi connectivity index (χ3v) is 2.33. The maximum atomic E-state index is 12.8. The van der Waals surface area contributed by atoms with Gasteiger partial charge in [0.1, 0.15) is 5.82 Å². The molecule has 0 bridgehead atoms. The van der Waals surface area contributed by atoms with Gasteiger partial charge in [0.05, 0.1) is 4.47 Å². The van der Waals surface area contributed by atoms with Crippen LogP contribution in [0.25, 0.3) is 0 Å². The zero-order valence-electron chi connectivity index (χ0n) is 6.01. The van der Waals surface area contributed by atoms with E-state index in [1.165, 1.54) is 0 Å². The third kappa shape index (κ3) is 1.37. The van der Waals surface area contributed by atoms with Gasteiger partial charge in [-0.25, -0.2) is 4.39 Å². The van der Waals surface area contributed by atoms with E-state index in [9.17, 15) is 9.50 Å². The molecule has 0 unspecified atom stereocenters. The van der Waals surface area contributed by atoms with Gasteiger partial charge >= 0.3 is 0 Å². The number of benzene rings is 1. The van der Waals surface area contributed by atoms with E-state index in [-0.39, 0.29) is 22.3 Å². The average molecular weight is 236 g/mol. The van der Waals surface area contributed by atoms with Crippen molar-refractivity contribution in [2.75, 3.05) is 0 Å². The maximum absolute atomic E-state index is 12.8. The van der Waals surface area contributed by atoms with E-state index in [2.05, 4.69) is 15.9 Å². The summed E-state index contributed by atoms with van der Waals surface area (Å²) in [6, 6.07) is 0.818. The first-order chi connectivity index (χ1) is 5.57. The van der Waals surface area contributed by atoms with Crippen molar-refractivity contribution in [3.63, 3.8) is 0 Å². The van der Waals surface area contributed by atoms with Crippen molar-refractivity contribution in [1.82, 2.24) is 0 Å². The Morgan fingerprint density at radius 3 is 2.58 bits per heavy atom. The molecule has 0 saturated heterocycles. The largest absolute Gasteiger partial charge is 0.504 e.